The average Bonchev–Trinajstić information content (AvgIpc) is 3.04. The third-order valence-electron chi connectivity index (χ3n) is 5.53. The molecular weight excluding hydrogens is 364 g/mol. The van der Waals surface area contributed by atoms with Crippen molar-refractivity contribution < 1.29 is 22.4 Å². The molecule has 0 unspecified atom stereocenters. The molecular formula is C21H24O5S. The molecule has 2 atom stereocenters. The van der Waals surface area contributed by atoms with Crippen LogP contribution < -0.4 is 0 Å². The van der Waals surface area contributed by atoms with E-state index in [-0.39, 0.29) is 23.9 Å². The molecule has 2 aromatic carbocycles. The lowest BCUT2D eigenvalue weighted by molar-refractivity contribution is -0.199. The highest BCUT2D eigenvalue weighted by Gasteiger charge is 2.50. The maximum absolute atomic E-state index is 11.2. The minimum atomic E-state index is -3.95. The van der Waals surface area contributed by atoms with E-state index in [9.17, 15) is 8.42 Å². The first-order valence-electron chi connectivity index (χ1n) is 9.35. The molecule has 2 fully saturated rings. The molecule has 0 bridgehead atoms. The molecule has 1 saturated heterocycles. The summed E-state index contributed by atoms with van der Waals surface area (Å²) >= 11 is 0. The van der Waals surface area contributed by atoms with Crippen molar-refractivity contribution >= 4 is 10.1 Å². The summed E-state index contributed by atoms with van der Waals surface area (Å²) in [6.45, 7) is 0. The van der Waals surface area contributed by atoms with Crippen molar-refractivity contribution in [1.82, 2.24) is 0 Å². The molecule has 1 saturated carbocycles. The van der Waals surface area contributed by atoms with E-state index < -0.39 is 15.9 Å². The molecule has 27 heavy (non-hydrogen) atoms. The minimum Gasteiger partial charge on any atom is -0.339 e. The molecule has 0 amide bonds. The Morgan fingerprint density at radius 1 is 0.852 bits per heavy atom. The van der Waals surface area contributed by atoms with Gasteiger partial charge in [0, 0.05) is 12.8 Å². The lowest BCUT2D eigenvalue weighted by Gasteiger charge is -2.35. The fourth-order valence-electron chi connectivity index (χ4n) is 4.20. The molecule has 1 spiro atoms. The first-order chi connectivity index (χ1) is 12.9. The Labute approximate surface area is 160 Å². The number of hydrogen-bond donors (Lipinski definition) is 1. The van der Waals surface area contributed by atoms with Crippen LogP contribution in [-0.4, -0.2) is 24.5 Å². The van der Waals surface area contributed by atoms with Gasteiger partial charge >= 0.3 is 0 Å². The van der Waals surface area contributed by atoms with Gasteiger partial charge in [0.05, 0.1) is 5.75 Å². The second-order valence-corrected chi connectivity index (χ2v) is 9.00. The fourth-order valence-corrected chi connectivity index (χ4v) is 5.13. The summed E-state index contributed by atoms with van der Waals surface area (Å²) in [6, 6.07) is 20.1. The molecule has 1 heterocycles. The highest BCUT2D eigenvalue weighted by Crippen LogP contribution is 2.52. The van der Waals surface area contributed by atoms with E-state index in [1.165, 1.54) is 0 Å². The Hall–Kier alpha value is -1.73. The molecule has 5 nitrogen and oxygen atoms in total. The van der Waals surface area contributed by atoms with Gasteiger partial charge in [0.25, 0.3) is 10.1 Å². The highest BCUT2D eigenvalue weighted by molar-refractivity contribution is 7.85. The van der Waals surface area contributed by atoms with E-state index >= 15 is 0 Å². The van der Waals surface area contributed by atoms with Gasteiger partial charge in [-0.1, -0.05) is 60.7 Å². The van der Waals surface area contributed by atoms with Gasteiger partial charge in [-0.05, 0) is 29.9 Å². The highest BCUT2D eigenvalue weighted by atomic mass is 32.2. The largest absolute Gasteiger partial charge is 0.339 e. The second-order valence-electron chi connectivity index (χ2n) is 7.50. The Bertz CT molecular complexity index is 808. The molecule has 1 aliphatic heterocycles. The van der Waals surface area contributed by atoms with E-state index in [0.29, 0.717) is 25.7 Å². The number of benzene rings is 2. The van der Waals surface area contributed by atoms with Crippen LogP contribution in [-0.2, 0) is 19.6 Å². The molecule has 6 heteroatoms. The topological polar surface area (TPSA) is 72.8 Å². The standard InChI is InChI=1S/C21H24O5S/c22-27(23,24)15-16-11-13-21(14-12-16)25-19(17-7-3-1-4-8-17)20(26-21)18-9-5-2-6-10-18/h1-10,16,19-20H,11-15H2,(H,22,23,24)/t19-,20-/m0/s1. The summed E-state index contributed by atoms with van der Waals surface area (Å²) in [5.74, 6) is -0.937. The zero-order chi connectivity index (χ0) is 18.9. The predicted octanol–water partition coefficient (Wildman–Crippen LogP) is 4.29. The molecule has 2 aliphatic rings. The van der Waals surface area contributed by atoms with Crippen molar-refractivity contribution in [2.75, 3.05) is 5.75 Å². The summed E-state index contributed by atoms with van der Waals surface area (Å²) < 4.78 is 44.5. The van der Waals surface area contributed by atoms with E-state index in [1.54, 1.807) is 0 Å². The normalized spacial score (nSPS) is 25.7. The average molecular weight is 388 g/mol. The van der Waals surface area contributed by atoms with E-state index in [4.69, 9.17) is 14.0 Å². The van der Waals surface area contributed by atoms with Crippen molar-refractivity contribution in [3.8, 4) is 0 Å². The van der Waals surface area contributed by atoms with Gasteiger partial charge in [0.2, 0.25) is 0 Å². The smallest absolute Gasteiger partial charge is 0.265 e. The maximum Gasteiger partial charge on any atom is 0.265 e. The predicted molar refractivity (Wildman–Crippen MR) is 102 cm³/mol. The van der Waals surface area contributed by atoms with Crippen LogP contribution >= 0.6 is 0 Å². The molecule has 2 aromatic rings. The van der Waals surface area contributed by atoms with Gasteiger partial charge in [-0.25, -0.2) is 0 Å². The third kappa shape index (κ3) is 4.24. The van der Waals surface area contributed by atoms with Crippen LogP contribution in [0.3, 0.4) is 0 Å². The van der Waals surface area contributed by atoms with Gasteiger partial charge in [0.1, 0.15) is 12.2 Å². The molecule has 0 radical (unpaired) electrons. The van der Waals surface area contributed by atoms with E-state index in [2.05, 4.69) is 0 Å². The Kier molecular flexibility index (Phi) is 5.07. The van der Waals surface area contributed by atoms with Crippen molar-refractivity contribution in [1.29, 1.82) is 0 Å². The molecule has 1 aliphatic carbocycles. The van der Waals surface area contributed by atoms with Crippen LogP contribution in [0.1, 0.15) is 49.0 Å². The summed E-state index contributed by atoms with van der Waals surface area (Å²) in [5.41, 5.74) is 2.14. The van der Waals surface area contributed by atoms with Gasteiger partial charge in [-0.15, -0.1) is 0 Å². The zero-order valence-corrected chi connectivity index (χ0v) is 15.8. The molecule has 1 N–H and O–H groups in total. The monoisotopic (exact) mass is 388 g/mol. The first-order valence-corrected chi connectivity index (χ1v) is 11.0. The van der Waals surface area contributed by atoms with Crippen LogP contribution in [0.5, 0.6) is 0 Å². The van der Waals surface area contributed by atoms with Crippen LogP contribution in [0.4, 0.5) is 0 Å². The summed E-state index contributed by atoms with van der Waals surface area (Å²) in [5, 5.41) is 0. The zero-order valence-electron chi connectivity index (χ0n) is 15.0. The molecule has 4 rings (SSSR count). The lowest BCUT2D eigenvalue weighted by atomic mass is 9.86. The fraction of sp³-hybridized carbons (Fsp3) is 0.429. The number of hydrogen-bond acceptors (Lipinski definition) is 4. The van der Waals surface area contributed by atoms with Crippen LogP contribution in [0.15, 0.2) is 60.7 Å². The second kappa shape index (κ2) is 7.36. The number of rotatable bonds is 4. The van der Waals surface area contributed by atoms with Crippen molar-refractivity contribution in [3.05, 3.63) is 71.8 Å². The third-order valence-corrected chi connectivity index (χ3v) is 6.42. The van der Waals surface area contributed by atoms with Crippen molar-refractivity contribution in [3.63, 3.8) is 0 Å². The van der Waals surface area contributed by atoms with Gasteiger partial charge < -0.3 is 9.47 Å². The number of ether oxygens (including phenoxy) is 2. The quantitative estimate of drug-likeness (QED) is 0.791. The summed E-state index contributed by atoms with van der Waals surface area (Å²) in [7, 11) is -3.95. The Morgan fingerprint density at radius 2 is 1.30 bits per heavy atom. The SMILES string of the molecule is O=S(=O)(O)CC1CCC2(CC1)O[C@@H](c1ccccc1)[C@H](c1ccccc1)O2. The lowest BCUT2D eigenvalue weighted by Crippen LogP contribution is -2.37. The van der Waals surface area contributed by atoms with E-state index in [1.807, 2.05) is 60.7 Å². The Balaban J connectivity index is 1.56. The Morgan fingerprint density at radius 3 is 1.70 bits per heavy atom. The van der Waals surface area contributed by atoms with Crippen LogP contribution in [0, 0.1) is 5.92 Å². The van der Waals surface area contributed by atoms with Crippen molar-refractivity contribution in [2.24, 2.45) is 5.92 Å². The summed E-state index contributed by atoms with van der Waals surface area (Å²) in [6.07, 6.45) is 2.16. The maximum atomic E-state index is 11.2. The van der Waals surface area contributed by atoms with Gasteiger partial charge in [0.15, 0.2) is 5.79 Å². The molecule has 0 aromatic heterocycles. The van der Waals surface area contributed by atoms with Crippen molar-refractivity contribution in [2.45, 2.75) is 43.7 Å². The van der Waals surface area contributed by atoms with Crippen LogP contribution in [0.2, 0.25) is 0 Å². The molecule has 144 valence electrons. The van der Waals surface area contributed by atoms with E-state index in [0.717, 1.165) is 11.1 Å². The first kappa shape index (κ1) is 18.6. The summed E-state index contributed by atoms with van der Waals surface area (Å²) in [4.78, 5) is 0. The van der Waals surface area contributed by atoms with Crippen LogP contribution in [0.25, 0.3) is 0 Å². The minimum absolute atomic E-state index is 0.0521. The van der Waals surface area contributed by atoms with Gasteiger partial charge in [-0.2, -0.15) is 8.42 Å². The van der Waals surface area contributed by atoms with Gasteiger partial charge in [-0.3, -0.25) is 4.55 Å².